The first-order chi connectivity index (χ1) is 41.6. The molecule has 4 aliphatic heterocycles. The first-order valence-electron chi connectivity index (χ1n) is 29.0. The van der Waals surface area contributed by atoms with Crippen molar-refractivity contribution in [3.63, 3.8) is 0 Å². The smallest absolute Gasteiger partial charge is 0.322 e. The number of carboxylic acid groups (broad SMARTS) is 1. The number of amides is 6. The van der Waals surface area contributed by atoms with E-state index in [1.54, 1.807) is 41.0 Å². The zero-order valence-electron chi connectivity index (χ0n) is 47.2. The van der Waals surface area contributed by atoms with Crippen LogP contribution in [0.3, 0.4) is 0 Å². The molecule has 8 aromatic rings. The molecule has 0 bridgehead atoms. The molecule has 3 fully saturated rings. The molecule has 0 spiro atoms. The third-order valence-electron chi connectivity index (χ3n) is 17.3. The molecular formula is C63H63ClFN11O9S. The highest BCUT2D eigenvalue weighted by atomic mass is 35.5. The molecule has 86 heavy (non-hydrogen) atoms. The minimum Gasteiger partial charge on any atom is -0.480 e. The van der Waals surface area contributed by atoms with Crippen LogP contribution in [0.5, 0.6) is 5.75 Å². The number of fused-ring (bicyclic) bond motifs is 4. The van der Waals surface area contributed by atoms with Crippen LogP contribution >= 0.6 is 22.9 Å². The average Bonchev–Trinajstić information content (AvgIpc) is 2.14. The Balaban J connectivity index is 0.740. The number of hydrogen-bond donors (Lipinski definition) is 4. The van der Waals surface area contributed by atoms with Crippen molar-refractivity contribution in [2.45, 2.75) is 81.8 Å². The number of ether oxygens (including phenoxy) is 1. The molecule has 5 aromatic carbocycles. The summed E-state index contributed by atoms with van der Waals surface area (Å²) in [6, 6.07) is 29.1. The Labute approximate surface area is 502 Å². The fourth-order valence-corrected chi connectivity index (χ4v) is 14.1. The van der Waals surface area contributed by atoms with Gasteiger partial charge in [0.25, 0.3) is 5.91 Å². The predicted octanol–water partition coefficient (Wildman–Crippen LogP) is 8.27. The van der Waals surface area contributed by atoms with Crippen LogP contribution in [0.2, 0.25) is 5.02 Å². The number of carbonyl (C=O) groups excluding carboxylic acids is 6. The second-order valence-corrected chi connectivity index (χ2v) is 24.1. The van der Waals surface area contributed by atoms with Gasteiger partial charge in [-0.25, -0.2) is 9.37 Å². The van der Waals surface area contributed by atoms with E-state index in [2.05, 4.69) is 21.0 Å². The number of aromatic nitrogens is 5. The van der Waals surface area contributed by atoms with Crippen LogP contribution in [0.1, 0.15) is 80.9 Å². The standard InChI is InChI=1S/C63H63ClFN11O9S/c1-72-50-31-43(46(65)30-39(50)33-68-72)41-12-6-16-49-57(41)58(71-76(49)36-54(79)66-34-53(78)67-35-56(81)82)38-19-25-73(26-20-38)55(80)29-37-9-8-23-75(24-18-37)62(84)63(85-51-17-5-3-11-42(51)60-70-48-15-7-13-45(64)59(48)86-60)21-27-74(28-22-63)61(83)44-32-52(77)69-47-14-4-2-10-40(44)47/h2-7,10-17,30-31,33,37-38,44H,8-9,18-29,32,34-36H2,1H3,(H,66,79)(H,67,78)(H,69,77)(H,81,82)/t37?,44-/m0/s1. The van der Waals surface area contributed by atoms with Crippen molar-refractivity contribution in [2.75, 3.05) is 57.7 Å². The topological polar surface area (TPSA) is 243 Å². The van der Waals surface area contributed by atoms with Gasteiger partial charge in [-0.1, -0.05) is 60.1 Å². The van der Waals surface area contributed by atoms with Crippen molar-refractivity contribution in [1.82, 2.24) is 49.9 Å². The van der Waals surface area contributed by atoms with Crippen molar-refractivity contribution in [3.05, 3.63) is 125 Å². The normalized spacial score (nSPS) is 18.1. The summed E-state index contributed by atoms with van der Waals surface area (Å²) in [5.41, 5.74) is 4.34. The Bertz CT molecular complexity index is 4000. The van der Waals surface area contributed by atoms with Crippen molar-refractivity contribution in [2.24, 2.45) is 13.0 Å². The number of aryl methyl sites for hydroxylation is 1. The van der Waals surface area contributed by atoms with E-state index in [4.69, 9.17) is 31.5 Å². The summed E-state index contributed by atoms with van der Waals surface area (Å²) < 4.78 is 27.3. The fraction of sp³-hybridized carbons (Fsp3) is 0.365. The Morgan fingerprint density at radius 3 is 2.35 bits per heavy atom. The number of rotatable bonds is 15. The minimum absolute atomic E-state index is 0.000212. The van der Waals surface area contributed by atoms with Crippen molar-refractivity contribution >= 4 is 102 Å². The molecule has 4 N–H and O–H groups in total. The molecule has 2 atom stereocenters. The van der Waals surface area contributed by atoms with Crippen LogP contribution in [0.15, 0.2) is 103 Å². The van der Waals surface area contributed by atoms with Crippen LogP contribution < -0.4 is 20.7 Å². The second-order valence-electron chi connectivity index (χ2n) is 22.7. The van der Waals surface area contributed by atoms with Gasteiger partial charge in [0, 0.05) is 99.9 Å². The summed E-state index contributed by atoms with van der Waals surface area (Å²) in [5, 5.41) is 28.5. The molecule has 20 nitrogen and oxygen atoms in total. The van der Waals surface area contributed by atoms with Crippen LogP contribution in [-0.4, -0.2) is 144 Å². The number of halogens is 2. The maximum Gasteiger partial charge on any atom is 0.322 e. The number of benzene rings is 5. The maximum atomic E-state index is 16.2. The van der Waals surface area contributed by atoms with Gasteiger partial charge in [0.2, 0.25) is 29.5 Å². The third-order valence-corrected chi connectivity index (χ3v) is 18.9. The van der Waals surface area contributed by atoms with Gasteiger partial charge in [0.1, 0.15) is 29.7 Å². The van der Waals surface area contributed by atoms with E-state index in [-0.39, 0.29) is 74.4 Å². The SMILES string of the molecule is Cn1ncc2cc(F)c(-c3cccc4c3c(C3CCN(C(=O)CC5CCCN(C(=O)C6(Oc7ccccc7-c7nc8cccc(Cl)c8s7)CCN(C(=O)[C@H]7CC(=O)Nc8ccccc87)CC6)CC5)CC3)nn4CC(=O)NCC(=O)NCC(=O)O)cc21. The van der Waals surface area contributed by atoms with Gasteiger partial charge in [-0.2, -0.15) is 10.2 Å². The summed E-state index contributed by atoms with van der Waals surface area (Å²) in [6.45, 7) is 0.870. The van der Waals surface area contributed by atoms with E-state index in [1.165, 1.54) is 22.1 Å². The lowest BCUT2D eigenvalue weighted by Crippen LogP contribution is -2.59. The molecule has 12 rings (SSSR count). The molecule has 23 heteroatoms. The highest BCUT2D eigenvalue weighted by Gasteiger charge is 2.49. The molecule has 1 unspecified atom stereocenters. The number of carboxylic acids is 1. The molecular weight excluding hydrogens is 1140 g/mol. The number of para-hydroxylation sites is 2. The summed E-state index contributed by atoms with van der Waals surface area (Å²) in [6.07, 6.45) is 5.41. The molecule has 4 aliphatic rings. The highest BCUT2D eigenvalue weighted by molar-refractivity contribution is 7.22. The fourth-order valence-electron chi connectivity index (χ4n) is 12.8. The first-order valence-corrected chi connectivity index (χ1v) is 30.2. The second kappa shape index (κ2) is 24.3. The molecule has 444 valence electrons. The Kier molecular flexibility index (Phi) is 16.3. The largest absolute Gasteiger partial charge is 0.480 e. The maximum absolute atomic E-state index is 16.2. The Morgan fingerprint density at radius 2 is 1.55 bits per heavy atom. The molecule has 7 heterocycles. The number of thiazole rings is 1. The van der Waals surface area contributed by atoms with Gasteiger partial charge in [-0.05, 0) is 97.7 Å². The Morgan fingerprint density at radius 1 is 0.802 bits per heavy atom. The lowest BCUT2D eigenvalue weighted by Gasteiger charge is -2.44. The van der Waals surface area contributed by atoms with E-state index in [1.807, 2.05) is 82.6 Å². The number of piperidine rings is 2. The molecule has 0 saturated carbocycles. The van der Waals surface area contributed by atoms with Crippen molar-refractivity contribution < 1.29 is 47.8 Å². The molecule has 6 amide bonds. The van der Waals surface area contributed by atoms with Gasteiger partial charge < -0.3 is 40.5 Å². The summed E-state index contributed by atoms with van der Waals surface area (Å²) in [7, 11) is 1.78. The molecule has 3 saturated heterocycles. The van der Waals surface area contributed by atoms with E-state index < -0.39 is 48.2 Å². The van der Waals surface area contributed by atoms with Crippen molar-refractivity contribution in [1.29, 1.82) is 0 Å². The first kappa shape index (κ1) is 57.7. The summed E-state index contributed by atoms with van der Waals surface area (Å²) in [4.78, 5) is 104. The number of anilines is 1. The third kappa shape index (κ3) is 11.7. The monoisotopic (exact) mass is 1200 g/mol. The number of hydrogen-bond acceptors (Lipinski definition) is 12. The number of nitrogens with one attached hydrogen (secondary N) is 3. The zero-order valence-corrected chi connectivity index (χ0v) is 48.8. The van der Waals surface area contributed by atoms with Crippen LogP contribution in [0.4, 0.5) is 10.1 Å². The quantitative estimate of drug-likeness (QED) is 0.0758. The average molecular weight is 1200 g/mol. The summed E-state index contributed by atoms with van der Waals surface area (Å²) >= 11 is 8.06. The predicted molar refractivity (Wildman–Crippen MR) is 322 cm³/mol. The lowest BCUT2D eigenvalue weighted by molar-refractivity contribution is -0.156. The Hall–Kier alpha value is -8.76. The van der Waals surface area contributed by atoms with Crippen LogP contribution in [-0.2, 0) is 47.2 Å². The van der Waals surface area contributed by atoms with Gasteiger partial charge >= 0.3 is 5.97 Å². The highest BCUT2D eigenvalue weighted by Crippen LogP contribution is 2.44. The number of nitrogens with zero attached hydrogens (tertiary/aromatic N) is 8. The number of likely N-dealkylation sites (tertiary alicyclic amines) is 3. The van der Waals surface area contributed by atoms with Crippen LogP contribution in [0.25, 0.3) is 53.7 Å². The number of aliphatic carboxylic acids is 1. The molecule has 0 aliphatic carbocycles. The van der Waals surface area contributed by atoms with E-state index in [0.29, 0.717) is 118 Å². The summed E-state index contributed by atoms with van der Waals surface area (Å²) in [5.74, 6) is -3.79. The van der Waals surface area contributed by atoms with Gasteiger partial charge in [-0.3, -0.25) is 42.9 Å². The van der Waals surface area contributed by atoms with E-state index in [9.17, 15) is 28.8 Å². The van der Waals surface area contributed by atoms with Gasteiger partial charge in [0.05, 0.1) is 56.2 Å². The lowest BCUT2D eigenvalue weighted by atomic mass is 9.85. The number of carbonyl (C=O) groups is 7. The van der Waals surface area contributed by atoms with Crippen LogP contribution in [0, 0.1) is 11.7 Å². The van der Waals surface area contributed by atoms with Crippen molar-refractivity contribution in [3.8, 4) is 27.4 Å². The van der Waals surface area contributed by atoms with E-state index >= 15 is 9.18 Å². The van der Waals surface area contributed by atoms with Gasteiger partial charge in [-0.15, -0.1) is 11.3 Å². The molecule has 3 aromatic heterocycles. The van der Waals surface area contributed by atoms with Gasteiger partial charge in [0.15, 0.2) is 5.60 Å². The molecule has 0 radical (unpaired) electrons. The zero-order chi connectivity index (χ0) is 59.8. The van der Waals surface area contributed by atoms with E-state index in [0.717, 1.165) is 27.7 Å². The minimum atomic E-state index is -1.36.